The number of carbonyl (C=O) groups is 1. The van der Waals surface area contributed by atoms with Gasteiger partial charge in [0.15, 0.2) is 0 Å². The van der Waals surface area contributed by atoms with Crippen LogP contribution in [0.25, 0.3) is 0 Å². The highest BCUT2D eigenvalue weighted by Gasteiger charge is 2.24. The molecule has 0 aliphatic carbocycles. The topological polar surface area (TPSA) is 49.6 Å². The molecule has 6 heteroatoms. The fraction of sp³-hybridized carbons (Fsp3) is 0.588. The first kappa shape index (κ1) is 22.2. The SMILES string of the molecule is CN(C(=O)CCCN)C1CCN(Cc2ccccc2)CC1.Cl.Cl. The predicted octanol–water partition coefficient (Wildman–Crippen LogP) is 2.69. The molecule has 0 atom stereocenters. The van der Waals surface area contributed by atoms with E-state index in [0.717, 1.165) is 38.9 Å². The quantitative estimate of drug-likeness (QED) is 0.847. The Balaban J connectivity index is 0.00000242. The Morgan fingerprint density at radius 1 is 1.22 bits per heavy atom. The van der Waals surface area contributed by atoms with E-state index in [9.17, 15) is 4.79 Å². The highest BCUT2D eigenvalue weighted by atomic mass is 35.5. The van der Waals surface area contributed by atoms with Crippen LogP contribution in [-0.2, 0) is 11.3 Å². The molecule has 1 heterocycles. The van der Waals surface area contributed by atoms with Gasteiger partial charge < -0.3 is 10.6 Å². The third kappa shape index (κ3) is 7.08. The van der Waals surface area contributed by atoms with E-state index in [-0.39, 0.29) is 30.7 Å². The van der Waals surface area contributed by atoms with Gasteiger partial charge in [-0.3, -0.25) is 9.69 Å². The molecule has 0 unspecified atom stereocenters. The first-order valence-electron chi connectivity index (χ1n) is 7.92. The smallest absolute Gasteiger partial charge is 0.222 e. The van der Waals surface area contributed by atoms with E-state index in [1.54, 1.807) is 0 Å². The van der Waals surface area contributed by atoms with Crippen molar-refractivity contribution in [3.63, 3.8) is 0 Å². The number of nitrogens with zero attached hydrogens (tertiary/aromatic N) is 2. The standard InChI is InChI=1S/C17H27N3O.2ClH/c1-19(17(21)8-5-11-18)16-9-12-20(13-10-16)14-15-6-3-2-4-7-15;;/h2-4,6-7,16H,5,8-14,18H2,1H3;2*1H. The van der Waals surface area contributed by atoms with Gasteiger partial charge in [0, 0.05) is 39.1 Å². The van der Waals surface area contributed by atoms with Gasteiger partial charge in [-0.05, 0) is 31.4 Å². The Morgan fingerprint density at radius 3 is 2.39 bits per heavy atom. The Bertz CT molecular complexity index is 437. The third-order valence-corrected chi connectivity index (χ3v) is 4.34. The lowest BCUT2D eigenvalue weighted by molar-refractivity contribution is -0.132. The predicted molar refractivity (Wildman–Crippen MR) is 100 cm³/mol. The minimum atomic E-state index is 0. The van der Waals surface area contributed by atoms with E-state index >= 15 is 0 Å². The molecule has 1 aliphatic rings. The van der Waals surface area contributed by atoms with Crippen molar-refractivity contribution in [1.29, 1.82) is 0 Å². The molecule has 0 bridgehead atoms. The lowest BCUT2D eigenvalue weighted by Gasteiger charge is -2.36. The number of rotatable bonds is 6. The van der Waals surface area contributed by atoms with E-state index in [2.05, 4.69) is 35.2 Å². The maximum Gasteiger partial charge on any atom is 0.222 e. The summed E-state index contributed by atoms with van der Waals surface area (Å²) in [7, 11) is 1.94. The molecule has 1 saturated heterocycles. The molecule has 0 saturated carbocycles. The molecule has 0 aromatic heterocycles. The van der Waals surface area contributed by atoms with Gasteiger partial charge in [-0.15, -0.1) is 24.8 Å². The van der Waals surface area contributed by atoms with Gasteiger partial charge in [0.05, 0.1) is 0 Å². The van der Waals surface area contributed by atoms with Crippen molar-refractivity contribution in [3.05, 3.63) is 35.9 Å². The van der Waals surface area contributed by atoms with Crippen LogP contribution in [0.15, 0.2) is 30.3 Å². The molecule has 1 aromatic carbocycles. The van der Waals surface area contributed by atoms with Gasteiger partial charge in [-0.2, -0.15) is 0 Å². The van der Waals surface area contributed by atoms with Gasteiger partial charge in [-0.25, -0.2) is 0 Å². The zero-order chi connectivity index (χ0) is 15.1. The molecule has 132 valence electrons. The van der Waals surface area contributed by atoms with E-state index in [1.807, 2.05) is 11.9 Å². The van der Waals surface area contributed by atoms with E-state index in [4.69, 9.17) is 5.73 Å². The summed E-state index contributed by atoms with van der Waals surface area (Å²) < 4.78 is 0. The molecule has 1 amide bonds. The number of likely N-dealkylation sites (tertiary alicyclic amines) is 1. The van der Waals surface area contributed by atoms with Crippen molar-refractivity contribution in [2.75, 3.05) is 26.7 Å². The van der Waals surface area contributed by atoms with Crippen LogP contribution in [0, 0.1) is 0 Å². The van der Waals surface area contributed by atoms with Crippen LogP contribution < -0.4 is 5.73 Å². The summed E-state index contributed by atoms with van der Waals surface area (Å²) in [4.78, 5) is 16.4. The van der Waals surface area contributed by atoms with E-state index in [1.165, 1.54) is 5.56 Å². The highest BCUT2D eigenvalue weighted by molar-refractivity contribution is 5.85. The van der Waals surface area contributed by atoms with Crippen LogP contribution in [0.5, 0.6) is 0 Å². The Hall–Kier alpha value is -0.810. The molecule has 1 fully saturated rings. The van der Waals surface area contributed by atoms with Crippen molar-refractivity contribution in [3.8, 4) is 0 Å². The summed E-state index contributed by atoms with van der Waals surface area (Å²) in [6.45, 7) is 3.73. The normalized spacial score (nSPS) is 15.4. The fourth-order valence-corrected chi connectivity index (χ4v) is 2.94. The van der Waals surface area contributed by atoms with Crippen molar-refractivity contribution in [2.45, 2.75) is 38.3 Å². The second kappa shape index (κ2) is 11.7. The second-order valence-corrected chi connectivity index (χ2v) is 5.89. The zero-order valence-electron chi connectivity index (χ0n) is 13.8. The molecular weight excluding hydrogens is 333 g/mol. The largest absolute Gasteiger partial charge is 0.343 e. The molecule has 0 spiro atoms. The summed E-state index contributed by atoms with van der Waals surface area (Å²) in [5, 5.41) is 0. The Kier molecular flexibility index (Phi) is 11.3. The summed E-state index contributed by atoms with van der Waals surface area (Å²) in [6, 6.07) is 11.0. The molecule has 23 heavy (non-hydrogen) atoms. The average Bonchev–Trinajstić information content (AvgIpc) is 2.53. The lowest BCUT2D eigenvalue weighted by Crippen LogP contribution is -2.45. The number of benzene rings is 1. The van der Waals surface area contributed by atoms with Gasteiger partial charge in [0.1, 0.15) is 0 Å². The van der Waals surface area contributed by atoms with Crippen molar-refractivity contribution in [1.82, 2.24) is 9.80 Å². The summed E-state index contributed by atoms with van der Waals surface area (Å²) in [6.07, 6.45) is 3.50. The van der Waals surface area contributed by atoms with Crippen LogP contribution >= 0.6 is 24.8 Å². The number of halogens is 2. The van der Waals surface area contributed by atoms with Gasteiger partial charge in [0.2, 0.25) is 5.91 Å². The van der Waals surface area contributed by atoms with Crippen LogP contribution in [0.2, 0.25) is 0 Å². The molecule has 1 aliphatic heterocycles. The summed E-state index contributed by atoms with van der Waals surface area (Å²) >= 11 is 0. The molecule has 1 aromatic rings. The van der Waals surface area contributed by atoms with E-state index < -0.39 is 0 Å². The molecule has 4 nitrogen and oxygen atoms in total. The third-order valence-electron chi connectivity index (χ3n) is 4.34. The average molecular weight is 362 g/mol. The minimum absolute atomic E-state index is 0. The maximum atomic E-state index is 12.0. The number of piperidine rings is 1. The van der Waals surface area contributed by atoms with Gasteiger partial charge >= 0.3 is 0 Å². The Labute approximate surface area is 152 Å². The lowest BCUT2D eigenvalue weighted by atomic mass is 10.0. The summed E-state index contributed by atoms with van der Waals surface area (Å²) in [5.74, 6) is 0.238. The van der Waals surface area contributed by atoms with Crippen LogP contribution in [-0.4, -0.2) is 48.4 Å². The zero-order valence-corrected chi connectivity index (χ0v) is 15.5. The fourth-order valence-electron chi connectivity index (χ4n) is 2.94. The highest BCUT2D eigenvalue weighted by Crippen LogP contribution is 2.18. The summed E-state index contributed by atoms with van der Waals surface area (Å²) in [5.41, 5.74) is 6.83. The number of nitrogens with two attached hydrogens (primary N) is 1. The van der Waals surface area contributed by atoms with E-state index in [0.29, 0.717) is 19.0 Å². The van der Waals surface area contributed by atoms with Gasteiger partial charge in [-0.1, -0.05) is 30.3 Å². The van der Waals surface area contributed by atoms with Crippen molar-refractivity contribution >= 4 is 30.7 Å². The first-order valence-corrected chi connectivity index (χ1v) is 7.92. The van der Waals surface area contributed by atoms with Crippen LogP contribution in [0.4, 0.5) is 0 Å². The number of amides is 1. The first-order chi connectivity index (χ1) is 10.2. The number of carbonyl (C=O) groups excluding carboxylic acids is 1. The number of hydrogen-bond donors (Lipinski definition) is 1. The monoisotopic (exact) mass is 361 g/mol. The molecule has 2 rings (SSSR count). The van der Waals surface area contributed by atoms with Crippen LogP contribution in [0.3, 0.4) is 0 Å². The van der Waals surface area contributed by atoms with Crippen molar-refractivity contribution in [2.24, 2.45) is 5.73 Å². The number of hydrogen-bond acceptors (Lipinski definition) is 3. The maximum absolute atomic E-state index is 12.0. The molecule has 2 N–H and O–H groups in total. The van der Waals surface area contributed by atoms with Crippen LogP contribution in [0.1, 0.15) is 31.2 Å². The molecular formula is C17H29Cl2N3O. The Morgan fingerprint density at radius 2 is 1.83 bits per heavy atom. The second-order valence-electron chi connectivity index (χ2n) is 5.89. The minimum Gasteiger partial charge on any atom is -0.343 e. The van der Waals surface area contributed by atoms with Gasteiger partial charge in [0.25, 0.3) is 0 Å². The van der Waals surface area contributed by atoms with Crippen molar-refractivity contribution < 1.29 is 4.79 Å². The molecule has 0 radical (unpaired) electrons.